The summed E-state index contributed by atoms with van der Waals surface area (Å²) < 4.78 is 0. The number of urea groups is 1. The molecule has 1 unspecified atom stereocenters. The Labute approximate surface area is 115 Å². The molecule has 0 saturated carbocycles. The summed E-state index contributed by atoms with van der Waals surface area (Å²) in [4.78, 5) is 28.8. The highest BCUT2D eigenvalue weighted by Gasteiger charge is 2.31. The number of nitrogens with zero attached hydrogens (tertiary/aromatic N) is 2. The van der Waals surface area contributed by atoms with Crippen molar-refractivity contribution in [3.63, 3.8) is 0 Å². The first-order valence-electron chi connectivity index (χ1n) is 6.26. The van der Waals surface area contributed by atoms with Gasteiger partial charge in [0.2, 0.25) is 0 Å². The number of thiazole rings is 1. The van der Waals surface area contributed by atoms with E-state index in [0.717, 1.165) is 23.5 Å². The van der Waals surface area contributed by atoms with Crippen LogP contribution in [0.3, 0.4) is 0 Å². The lowest BCUT2D eigenvalue weighted by Crippen LogP contribution is -2.51. The number of amides is 2. The van der Waals surface area contributed by atoms with E-state index in [-0.39, 0.29) is 6.03 Å². The third kappa shape index (κ3) is 3.44. The van der Waals surface area contributed by atoms with Crippen molar-refractivity contribution in [3.8, 4) is 0 Å². The van der Waals surface area contributed by atoms with Gasteiger partial charge in [-0.05, 0) is 26.2 Å². The van der Waals surface area contributed by atoms with Crippen LogP contribution >= 0.6 is 11.3 Å². The molecule has 1 aliphatic rings. The highest BCUT2D eigenvalue weighted by atomic mass is 32.1. The van der Waals surface area contributed by atoms with Crippen LogP contribution in [0.25, 0.3) is 0 Å². The molecular formula is C12H17N3O3S. The summed E-state index contributed by atoms with van der Waals surface area (Å²) in [6.07, 6.45) is 2.24. The van der Waals surface area contributed by atoms with Gasteiger partial charge in [0.05, 0.1) is 6.54 Å². The predicted molar refractivity (Wildman–Crippen MR) is 71.1 cm³/mol. The molecule has 7 heteroatoms. The smallest absolute Gasteiger partial charge is 0.326 e. The van der Waals surface area contributed by atoms with Gasteiger partial charge in [-0.15, -0.1) is 11.3 Å². The molecule has 0 spiro atoms. The number of nitrogens with one attached hydrogen (secondary N) is 1. The van der Waals surface area contributed by atoms with Crippen LogP contribution in [0.4, 0.5) is 4.79 Å². The number of carboxylic acids is 1. The number of carbonyl (C=O) groups excluding carboxylic acids is 1. The molecule has 0 aromatic carbocycles. The number of carboxylic acid groups (broad SMARTS) is 1. The summed E-state index contributed by atoms with van der Waals surface area (Å²) in [6, 6.07) is -1.02. The maximum atomic E-state index is 12.0. The van der Waals surface area contributed by atoms with Gasteiger partial charge >= 0.3 is 12.0 Å². The highest BCUT2D eigenvalue weighted by Crippen LogP contribution is 2.17. The van der Waals surface area contributed by atoms with Crippen molar-refractivity contribution >= 4 is 23.3 Å². The second-order valence-electron chi connectivity index (χ2n) is 4.58. The summed E-state index contributed by atoms with van der Waals surface area (Å²) in [7, 11) is 0. The Morgan fingerprint density at radius 2 is 2.37 bits per heavy atom. The minimum atomic E-state index is -0.931. The molecule has 2 heterocycles. The summed E-state index contributed by atoms with van der Waals surface area (Å²) in [6.45, 7) is 2.74. The minimum absolute atomic E-state index is 0.319. The van der Waals surface area contributed by atoms with Crippen molar-refractivity contribution in [2.75, 3.05) is 6.54 Å². The molecule has 0 bridgehead atoms. The van der Waals surface area contributed by atoms with Crippen LogP contribution in [-0.4, -0.2) is 39.6 Å². The molecule has 0 aliphatic carbocycles. The van der Waals surface area contributed by atoms with Gasteiger partial charge in [-0.3, -0.25) is 0 Å². The lowest BCUT2D eigenvalue weighted by molar-refractivity contribution is -0.143. The molecule has 1 saturated heterocycles. The predicted octanol–water partition coefficient (Wildman–Crippen LogP) is 1.60. The molecule has 1 aromatic heterocycles. The SMILES string of the molecule is Cc1csc(CNC(=O)N2CCCCC2C(=O)O)n1. The van der Waals surface area contributed by atoms with Gasteiger partial charge in [-0.1, -0.05) is 0 Å². The van der Waals surface area contributed by atoms with E-state index in [1.165, 1.54) is 16.2 Å². The van der Waals surface area contributed by atoms with Crippen LogP contribution in [0.5, 0.6) is 0 Å². The number of aromatic nitrogens is 1. The zero-order chi connectivity index (χ0) is 13.8. The number of hydrogen-bond donors (Lipinski definition) is 2. The molecule has 2 rings (SSSR count). The van der Waals surface area contributed by atoms with E-state index in [0.29, 0.717) is 19.5 Å². The van der Waals surface area contributed by atoms with Crippen molar-refractivity contribution < 1.29 is 14.7 Å². The number of rotatable bonds is 3. The fourth-order valence-electron chi connectivity index (χ4n) is 2.17. The Balaban J connectivity index is 1.92. The number of carbonyl (C=O) groups is 2. The van der Waals surface area contributed by atoms with Crippen LogP contribution in [0.2, 0.25) is 0 Å². The van der Waals surface area contributed by atoms with E-state index in [2.05, 4.69) is 10.3 Å². The molecule has 1 fully saturated rings. The second kappa shape index (κ2) is 6.01. The van der Waals surface area contributed by atoms with Gasteiger partial charge in [0, 0.05) is 17.6 Å². The first-order valence-corrected chi connectivity index (χ1v) is 7.14. The third-order valence-electron chi connectivity index (χ3n) is 3.11. The Morgan fingerprint density at radius 3 is 3.00 bits per heavy atom. The topological polar surface area (TPSA) is 82.5 Å². The summed E-state index contributed by atoms with van der Waals surface area (Å²) in [5.74, 6) is -0.931. The summed E-state index contributed by atoms with van der Waals surface area (Å²) in [5.41, 5.74) is 0.927. The Morgan fingerprint density at radius 1 is 1.58 bits per heavy atom. The molecular weight excluding hydrogens is 266 g/mol. The van der Waals surface area contributed by atoms with Crippen LogP contribution < -0.4 is 5.32 Å². The Kier molecular flexibility index (Phi) is 4.36. The van der Waals surface area contributed by atoms with E-state index in [1.807, 2.05) is 12.3 Å². The number of hydrogen-bond acceptors (Lipinski definition) is 4. The highest BCUT2D eigenvalue weighted by molar-refractivity contribution is 7.09. The van der Waals surface area contributed by atoms with E-state index >= 15 is 0 Å². The summed E-state index contributed by atoms with van der Waals surface area (Å²) >= 11 is 1.48. The van der Waals surface area contributed by atoms with Gasteiger partial charge in [-0.25, -0.2) is 14.6 Å². The Bertz CT molecular complexity index is 475. The number of likely N-dealkylation sites (tertiary alicyclic amines) is 1. The molecule has 104 valence electrons. The molecule has 2 amide bonds. The average Bonchev–Trinajstić information content (AvgIpc) is 2.81. The summed E-state index contributed by atoms with van der Waals surface area (Å²) in [5, 5.41) is 14.6. The molecule has 1 aliphatic heterocycles. The molecule has 2 N–H and O–H groups in total. The number of piperidine rings is 1. The maximum absolute atomic E-state index is 12.0. The molecule has 19 heavy (non-hydrogen) atoms. The van der Waals surface area contributed by atoms with Crippen molar-refractivity contribution in [2.45, 2.75) is 38.8 Å². The van der Waals surface area contributed by atoms with Crippen LogP contribution in [0.15, 0.2) is 5.38 Å². The fraction of sp³-hybridized carbons (Fsp3) is 0.583. The quantitative estimate of drug-likeness (QED) is 0.882. The zero-order valence-electron chi connectivity index (χ0n) is 10.8. The minimum Gasteiger partial charge on any atom is -0.480 e. The Hall–Kier alpha value is -1.63. The van der Waals surface area contributed by atoms with Crippen molar-refractivity contribution in [1.29, 1.82) is 0 Å². The van der Waals surface area contributed by atoms with Gasteiger partial charge < -0.3 is 15.3 Å². The second-order valence-corrected chi connectivity index (χ2v) is 5.53. The van der Waals surface area contributed by atoms with Crippen LogP contribution in [0, 0.1) is 6.92 Å². The molecule has 0 radical (unpaired) electrons. The zero-order valence-corrected chi connectivity index (χ0v) is 11.6. The molecule has 1 atom stereocenters. The van der Waals surface area contributed by atoms with E-state index in [4.69, 9.17) is 5.11 Å². The third-order valence-corrected chi connectivity index (χ3v) is 4.07. The molecule has 6 nitrogen and oxygen atoms in total. The van der Waals surface area contributed by atoms with E-state index < -0.39 is 12.0 Å². The van der Waals surface area contributed by atoms with E-state index in [1.54, 1.807) is 0 Å². The first kappa shape index (κ1) is 13.8. The van der Waals surface area contributed by atoms with Gasteiger partial charge in [0.1, 0.15) is 11.0 Å². The van der Waals surface area contributed by atoms with Crippen molar-refractivity contribution in [3.05, 3.63) is 16.1 Å². The van der Waals surface area contributed by atoms with Gasteiger partial charge in [0.25, 0.3) is 0 Å². The maximum Gasteiger partial charge on any atom is 0.326 e. The number of aryl methyl sites for hydroxylation is 1. The fourth-order valence-corrected chi connectivity index (χ4v) is 2.88. The lowest BCUT2D eigenvalue weighted by atomic mass is 10.0. The average molecular weight is 283 g/mol. The van der Waals surface area contributed by atoms with Crippen molar-refractivity contribution in [2.24, 2.45) is 0 Å². The lowest BCUT2D eigenvalue weighted by Gasteiger charge is -2.32. The number of aliphatic carboxylic acids is 1. The first-order chi connectivity index (χ1) is 9.08. The van der Waals surface area contributed by atoms with E-state index in [9.17, 15) is 9.59 Å². The van der Waals surface area contributed by atoms with Gasteiger partial charge in [0.15, 0.2) is 0 Å². The monoisotopic (exact) mass is 283 g/mol. The standard InChI is InChI=1S/C12H17N3O3S/c1-8-7-19-10(14-8)6-13-12(18)15-5-3-2-4-9(15)11(16)17/h7,9H,2-6H2,1H3,(H,13,18)(H,16,17). The van der Waals surface area contributed by atoms with Crippen LogP contribution in [0.1, 0.15) is 30.0 Å². The van der Waals surface area contributed by atoms with Crippen LogP contribution in [-0.2, 0) is 11.3 Å². The molecule has 1 aromatic rings. The van der Waals surface area contributed by atoms with Crippen molar-refractivity contribution in [1.82, 2.24) is 15.2 Å². The van der Waals surface area contributed by atoms with Gasteiger partial charge in [-0.2, -0.15) is 0 Å². The largest absolute Gasteiger partial charge is 0.480 e. The normalized spacial score (nSPS) is 19.2.